The fourth-order valence-corrected chi connectivity index (χ4v) is 4.35. The molecular weight excluding hydrogens is 364 g/mol. The van der Waals surface area contributed by atoms with Crippen LogP contribution in [0.1, 0.15) is 81.2 Å². The minimum Gasteiger partial charge on any atom is -0.354 e. The third-order valence-electron chi connectivity index (χ3n) is 6.30. The number of nitrogens with zero attached hydrogens (tertiary/aromatic N) is 6. The topological polar surface area (TPSA) is 85.0 Å². The number of hydrogen-bond donors (Lipinski definition) is 2. The molecule has 2 aliphatic carbocycles. The number of aliphatic imine (C=N–C) groups is 1. The summed E-state index contributed by atoms with van der Waals surface area (Å²) in [6, 6.07) is 3.17. The van der Waals surface area contributed by atoms with Gasteiger partial charge in [-0.2, -0.15) is 5.10 Å². The average molecular weight is 399 g/mol. The van der Waals surface area contributed by atoms with Crippen molar-refractivity contribution in [2.45, 2.75) is 89.9 Å². The molecule has 0 atom stereocenters. The monoisotopic (exact) mass is 398 g/mol. The Labute approximate surface area is 173 Å². The summed E-state index contributed by atoms with van der Waals surface area (Å²) in [7, 11) is 1.99. The molecule has 4 rings (SSSR count). The van der Waals surface area contributed by atoms with Crippen molar-refractivity contribution >= 4 is 5.96 Å². The lowest BCUT2D eigenvalue weighted by Crippen LogP contribution is -2.44. The van der Waals surface area contributed by atoms with Gasteiger partial charge in [0.2, 0.25) is 0 Å². The van der Waals surface area contributed by atoms with E-state index < -0.39 is 0 Å². The summed E-state index contributed by atoms with van der Waals surface area (Å²) in [6.07, 6.45) is 13.6. The molecule has 8 heteroatoms. The number of nitrogens with one attached hydrogen (secondary N) is 2. The van der Waals surface area contributed by atoms with Gasteiger partial charge in [0, 0.05) is 19.3 Å². The highest BCUT2D eigenvalue weighted by molar-refractivity contribution is 5.80. The Balaban J connectivity index is 1.41. The molecule has 0 radical (unpaired) electrons. The summed E-state index contributed by atoms with van der Waals surface area (Å²) >= 11 is 0. The summed E-state index contributed by atoms with van der Waals surface area (Å²) in [5.74, 6) is 2.66. The van der Waals surface area contributed by atoms with Crippen LogP contribution in [-0.2, 0) is 20.1 Å². The van der Waals surface area contributed by atoms with Crippen LogP contribution in [0.2, 0.25) is 0 Å². The van der Waals surface area contributed by atoms with Crippen LogP contribution in [0.4, 0.5) is 0 Å². The van der Waals surface area contributed by atoms with Gasteiger partial charge in [-0.15, -0.1) is 10.2 Å². The van der Waals surface area contributed by atoms with E-state index in [4.69, 9.17) is 10.1 Å². The molecule has 2 aliphatic rings. The molecule has 158 valence electrons. The third kappa shape index (κ3) is 5.16. The number of rotatable bonds is 6. The molecule has 0 bridgehead atoms. The SMILES string of the molecule is Cc1nnc(CNC(=NCc2ccn(C3CCCC3)n2)NC2CCCCC2)n1C. The number of aromatic nitrogens is 5. The molecule has 2 aromatic heterocycles. The molecule has 8 nitrogen and oxygen atoms in total. The molecule has 0 amide bonds. The summed E-state index contributed by atoms with van der Waals surface area (Å²) in [5.41, 5.74) is 1.02. The van der Waals surface area contributed by atoms with E-state index >= 15 is 0 Å². The normalized spacial score (nSPS) is 19.0. The van der Waals surface area contributed by atoms with E-state index in [2.05, 4.69) is 37.8 Å². The zero-order chi connectivity index (χ0) is 20.1. The maximum absolute atomic E-state index is 4.84. The van der Waals surface area contributed by atoms with Crippen LogP contribution in [0.15, 0.2) is 17.3 Å². The van der Waals surface area contributed by atoms with E-state index in [1.165, 1.54) is 57.8 Å². The average Bonchev–Trinajstić information content (AvgIpc) is 3.48. The van der Waals surface area contributed by atoms with Crippen LogP contribution in [0.25, 0.3) is 0 Å². The van der Waals surface area contributed by atoms with E-state index in [0.29, 0.717) is 25.2 Å². The van der Waals surface area contributed by atoms with Gasteiger partial charge in [-0.3, -0.25) is 4.68 Å². The second kappa shape index (κ2) is 9.41. The fraction of sp³-hybridized carbons (Fsp3) is 0.714. The molecule has 2 heterocycles. The maximum Gasteiger partial charge on any atom is 0.192 e. The Kier molecular flexibility index (Phi) is 6.46. The van der Waals surface area contributed by atoms with Crippen molar-refractivity contribution in [2.75, 3.05) is 0 Å². The molecule has 0 spiro atoms. The summed E-state index contributed by atoms with van der Waals surface area (Å²) < 4.78 is 4.15. The standard InChI is InChI=1S/C21H34N8/c1-16-25-26-20(28(16)2)15-23-21(24-17-8-4-3-5-9-17)22-14-18-12-13-29(27-18)19-10-6-7-11-19/h12-13,17,19H,3-11,14-15H2,1-2H3,(H2,22,23,24). The maximum atomic E-state index is 4.84. The van der Waals surface area contributed by atoms with E-state index in [-0.39, 0.29) is 0 Å². The van der Waals surface area contributed by atoms with Gasteiger partial charge in [-0.1, -0.05) is 32.1 Å². The van der Waals surface area contributed by atoms with Crippen molar-refractivity contribution in [2.24, 2.45) is 12.0 Å². The van der Waals surface area contributed by atoms with Gasteiger partial charge in [0.15, 0.2) is 11.8 Å². The van der Waals surface area contributed by atoms with Crippen LogP contribution >= 0.6 is 0 Å². The van der Waals surface area contributed by atoms with Gasteiger partial charge in [-0.25, -0.2) is 4.99 Å². The highest BCUT2D eigenvalue weighted by Gasteiger charge is 2.18. The van der Waals surface area contributed by atoms with Gasteiger partial charge in [0.1, 0.15) is 5.82 Å². The van der Waals surface area contributed by atoms with Crippen LogP contribution in [0.5, 0.6) is 0 Å². The van der Waals surface area contributed by atoms with E-state index in [1.807, 2.05) is 18.5 Å². The lowest BCUT2D eigenvalue weighted by molar-refractivity contribution is 0.409. The molecule has 0 saturated heterocycles. The van der Waals surface area contributed by atoms with E-state index in [9.17, 15) is 0 Å². The molecule has 0 aliphatic heterocycles. The quantitative estimate of drug-likeness (QED) is 0.577. The van der Waals surface area contributed by atoms with Crippen LogP contribution in [0.3, 0.4) is 0 Å². The number of aryl methyl sites for hydroxylation is 1. The molecule has 0 aromatic carbocycles. The van der Waals surface area contributed by atoms with Gasteiger partial charge >= 0.3 is 0 Å². The zero-order valence-corrected chi connectivity index (χ0v) is 17.8. The van der Waals surface area contributed by atoms with E-state index in [0.717, 1.165) is 23.3 Å². The third-order valence-corrected chi connectivity index (χ3v) is 6.30. The molecule has 0 unspecified atom stereocenters. The Hall–Kier alpha value is -2.38. The van der Waals surface area contributed by atoms with Crippen molar-refractivity contribution < 1.29 is 0 Å². The van der Waals surface area contributed by atoms with Crippen molar-refractivity contribution in [1.82, 2.24) is 35.2 Å². The van der Waals surface area contributed by atoms with Crippen molar-refractivity contribution in [3.63, 3.8) is 0 Å². The predicted molar refractivity (Wildman–Crippen MR) is 113 cm³/mol. The minimum absolute atomic E-state index is 0.493. The molecule has 2 aromatic rings. The van der Waals surface area contributed by atoms with Crippen LogP contribution in [-0.4, -0.2) is 36.5 Å². The number of hydrogen-bond acceptors (Lipinski definition) is 4. The lowest BCUT2D eigenvalue weighted by Gasteiger charge is -2.25. The Morgan fingerprint density at radius 3 is 2.59 bits per heavy atom. The van der Waals surface area contributed by atoms with Gasteiger partial charge < -0.3 is 15.2 Å². The minimum atomic E-state index is 0.493. The first-order valence-electron chi connectivity index (χ1n) is 11.1. The van der Waals surface area contributed by atoms with Crippen molar-refractivity contribution in [3.8, 4) is 0 Å². The largest absolute Gasteiger partial charge is 0.354 e. The summed E-state index contributed by atoms with van der Waals surface area (Å²) in [6.45, 7) is 3.15. The fourth-order valence-electron chi connectivity index (χ4n) is 4.35. The summed E-state index contributed by atoms with van der Waals surface area (Å²) in [4.78, 5) is 4.84. The van der Waals surface area contributed by atoms with Gasteiger partial charge in [-0.05, 0) is 38.7 Å². The second-order valence-electron chi connectivity index (χ2n) is 8.45. The van der Waals surface area contributed by atoms with Crippen molar-refractivity contribution in [1.29, 1.82) is 0 Å². The first-order chi connectivity index (χ1) is 14.2. The van der Waals surface area contributed by atoms with Crippen LogP contribution < -0.4 is 10.6 Å². The highest BCUT2D eigenvalue weighted by atomic mass is 15.3. The first-order valence-corrected chi connectivity index (χ1v) is 11.1. The highest BCUT2D eigenvalue weighted by Crippen LogP contribution is 2.28. The molecule has 2 saturated carbocycles. The Bertz CT molecular complexity index is 809. The molecule has 29 heavy (non-hydrogen) atoms. The lowest BCUT2D eigenvalue weighted by atomic mass is 9.96. The number of guanidine groups is 1. The van der Waals surface area contributed by atoms with Gasteiger partial charge in [0.05, 0.1) is 24.8 Å². The molecule has 2 N–H and O–H groups in total. The predicted octanol–water partition coefficient (Wildman–Crippen LogP) is 3.00. The Morgan fingerprint density at radius 2 is 1.86 bits per heavy atom. The van der Waals surface area contributed by atoms with Gasteiger partial charge in [0.25, 0.3) is 0 Å². The Morgan fingerprint density at radius 1 is 1.10 bits per heavy atom. The first kappa shape index (κ1) is 19.9. The second-order valence-corrected chi connectivity index (χ2v) is 8.45. The van der Waals surface area contributed by atoms with E-state index in [1.54, 1.807) is 0 Å². The smallest absolute Gasteiger partial charge is 0.192 e. The molecular formula is C21H34N8. The summed E-state index contributed by atoms with van der Waals surface area (Å²) in [5, 5.41) is 20.3. The van der Waals surface area contributed by atoms with Crippen molar-refractivity contribution in [3.05, 3.63) is 29.6 Å². The molecule has 2 fully saturated rings. The van der Waals surface area contributed by atoms with Crippen LogP contribution in [0, 0.1) is 6.92 Å². The zero-order valence-electron chi connectivity index (χ0n) is 17.8.